The van der Waals surface area contributed by atoms with Gasteiger partial charge in [-0.1, -0.05) is 18.5 Å². The van der Waals surface area contributed by atoms with E-state index in [-0.39, 0.29) is 10.7 Å². The van der Waals surface area contributed by atoms with Crippen LogP contribution < -0.4 is 4.90 Å². The molecule has 1 aliphatic carbocycles. The molecule has 0 radical (unpaired) electrons. The molecule has 1 N–H and O–H groups in total. The average molecular weight is 269 g/mol. The highest BCUT2D eigenvalue weighted by atomic mass is 35.5. The van der Waals surface area contributed by atoms with Gasteiger partial charge >= 0.3 is 5.97 Å². The van der Waals surface area contributed by atoms with Crippen molar-refractivity contribution < 1.29 is 9.90 Å². The Labute approximate surface area is 112 Å². The van der Waals surface area contributed by atoms with E-state index in [2.05, 4.69) is 16.8 Å². The number of aromatic carboxylic acids is 1. The molecule has 0 amide bonds. The molecule has 1 saturated carbocycles. The second-order valence-electron chi connectivity index (χ2n) is 4.69. The Morgan fingerprint density at radius 2 is 2.28 bits per heavy atom. The maximum absolute atomic E-state index is 11.0. The summed E-state index contributed by atoms with van der Waals surface area (Å²) in [4.78, 5) is 17.3. The molecule has 98 valence electrons. The molecule has 0 aromatic carbocycles. The summed E-state index contributed by atoms with van der Waals surface area (Å²) in [7, 11) is 0. The van der Waals surface area contributed by atoms with Gasteiger partial charge in [-0.15, -0.1) is 0 Å². The molecule has 1 aromatic heterocycles. The fourth-order valence-corrected chi connectivity index (χ4v) is 2.13. The first kappa shape index (κ1) is 13.1. The van der Waals surface area contributed by atoms with Crippen molar-refractivity contribution in [3.05, 3.63) is 22.8 Å². The van der Waals surface area contributed by atoms with E-state index in [4.69, 9.17) is 16.7 Å². The quantitative estimate of drug-likeness (QED) is 0.862. The van der Waals surface area contributed by atoms with E-state index in [0.717, 1.165) is 25.4 Å². The molecule has 1 heterocycles. The SMILES string of the molecule is CCCN(CC1CC1)c1ccc(Cl)c(C(=O)O)n1. The summed E-state index contributed by atoms with van der Waals surface area (Å²) in [5.41, 5.74) is -0.0638. The van der Waals surface area contributed by atoms with Gasteiger partial charge in [-0.25, -0.2) is 9.78 Å². The van der Waals surface area contributed by atoms with Gasteiger partial charge in [0, 0.05) is 13.1 Å². The van der Waals surface area contributed by atoms with Crippen molar-refractivity contribution in [2.45, 2.75) is 26.2 Å². The largest absolute Gasteiger partial charge is 0.476 e. The maximum atomic E-state index is 11.0. The summed E-state index contributed by atoms with van der Waals surface area (Å²) in [6.45, 7) is 3.96. The van der Waals surface area contributed by atoms with Crippen molar-refractivity contribution in [2.24, 2.45) is 5.92 Å². The van der Waals surface area contributed by atoms with E-state index in [9.17, 15) is 4.79 Å². The highest BCUT2D eigenvalue weighted by Gasteiger charge is 2.25. The second-order valence-corrected chi connectivity index (χ2v) is 5.10. The van der Waals surface area contributed by atoms with Crippen molar-refractivity contribution >= 4 is 23.4 Å². The van der Waals surface area contributed by atoms with Crippen molar-refractivity contribution in [1.82, 2.24) is 4.98 Å². The summed E-state index contributed by atoms with van der Waals surface area (Å²) in [5.74, 6) is 0.373. The van der Waals surface area contributed by atoms with Gasteiger partial charge in [-0.05, 0) is 37.3 Å². The Morgan fingerprint density at radius 1 is 1.56 bits per heavy atom. The molecule has 0 atom stereocenters. The van der Waals surface area contributed by atoms with Crippen molar-refractivity contribution in [2.75, 3.05) is 18.0 Å². The van der Waals surface area contributed by atoms with Crippen LogP contribution in [0.5, 0.6) is 0 Å². The molecule has 0 saturated heterocycles. The van der Waals surface area contributed by atoms with Gasteiger partial charge < -0.3 is 10.0 Å². The summed E-state index contributed by atoms with van der Waals surface area (Å²) in [6, 6.07) is 3.41. The summed E-state index contributed by atoms with van der Waals surface area (Å²) < 4.78 is 0. The Kier molecular flexibility index (Phi) is 4.07. The van der Waals surface area contributed by atoms with Crippen LogP contribution in [0.1, 0.15) is 36.7 Å². The molecule has 4 nitrogen and oxygen atoms in total. The molecule has 0 spiro atoms. The normalized spacial score (nSPS) is 14.6. The first-order valence-electron chi connectivity index (χ1n) is 6.26. The first-order chi connectivity index (χ1) is 8.61. The van der Waals surface area contributed by atoms with Crippen LogP contribution in [-0.2, 0) is 0 Å². The lowest BCUT2D eigenvalue weighted by Crippen LogP contribution is -2.27. The third-order valence-corrected chi connectivity index (χ3v) is 3.33. The molecule has 5 heteroatoms. The van der Waals surface area contributed by atoms with Crippen LogP contribution in [-0.4, -0.2) is 29.1 Å². The minimum Gasteiger partial charge on any atom is -0.476 e. The number of nitrogens with zero attached hydrogens (tertiary/aromatic N) is 2. The van der Waals surface area contributed by atoms with Crippen molar-refractivity contribution in [1.29, 1.82) is 0 Å². The van der Waals surface area contributed by atoms with Gasteiger partial charge in [0.15, 0.2) is 5.69 Å². The van der Waals surface area contributed by atoms with Crippen molar-refractivity contribution in [3.63, 3.8) is 0 Å². The monoisotopic (exact) mass is 268 g/mol. The topological polar surface area (TPSA) is 53.4 Å². The van der Waals surface area contributed by atoms with Crippen LogP contribution >= 0.6 is 11.6 Å². The lowest BCUT2D eigenvalue weighted by Gasteiger charge is -2.23. The Morgan fingerprint density at radius 3 is 2.83 bits per heavy atom. The minimum atomic E-state index is -1.08. The predicted molar refractivity (Wildman–Crippen MR) is 71.4 cm³/mol. The molecule has 0 unspecified atom stereocenters. The molecule has 1 fully saturated rings. The maximum Gasteiger partial charge on any atom is 0.356 e. The molecular weight excluding hydrogens is 252 g/mol. The molecule has 18 heavy (non-hydrogen) atoms. The molecule has 0 bridgehead atoms. The fourth-order valence-electron chi connectivity index (χ4n) is 1.94. The van der Waals surface area contributed by atoms with E-state index in [1.807, 2.05) is 0 Å². The lowest BCUT2D eigenvalue weighted by atomic mass is 10.3. The van der Waals surface area contributed by atoms with Gasteiger partial charge in [0.05, 0.1) is 5.02 Å². The van der Waals surface area contributed by atoms with E-state index < -0.39 is 5.97 Å². The van der Waals surface area contributed by atoms with E-state index in [0.29, 0.717) is 5.82 Å². The Hall–Kier alpha value is -1.29. The zero-order valence-electron chi connectivity index (χ0n) is 10.4. The van der Waals surface area contributed by atoms with Crippen LogP contribution in [0.15, 0.2) is 12.1 Å². The summed E-state index contributed by atoms with van der Waals surface area (Å²) >= 11 is 5.83. The fraction of sp³-hybridized carbons (Fsp3) is 0.538. The average Bonchev–Trinajstić information content (AvgIpc) is 3.13. The highest BCUT2D eigenvalue weighted by Crippen LogP contribution is 2.31. The summed E-state index contributed by atoms with van der Waals surface area (Å²) in [6.07, 6.45) is 3.54. The third kappa shape index (κ3) is 3.13. The number of carboxylic acid groups (broad SMARTS) is 1. The van der Waals surface area contributed by atoms with E-state index in [1.165, 1.54) is 12.8 Å². The number of rotatable bonds is 6. The van der Waals surface area contributed by atoms with Crippen molar-refractivity contribution in [3.8, 4) is 0 Å². The van der Waals surface area contributed by atoms with Gasteiger partial charge in [0.25, 0.3) is 0 Å². The number of hydrogen-bond acceptors (Lipinski definition) is 3. The minimum absolute atomic E-state index is 0.0638. The number of carbonyl (C=O) groups is 1. The number of anilines is 1. The van der Waals surface area contributed by atoms with Crippen LogP contribution in [0.4, 0.5) is 5.82 Å². The number of pyridine rings is 1. The smallest absolute Gasteiger partial charge is 0.356 e. The molecular formula is C13H17ClN2O2. The van der Waals surface area contributed by atoms with Gasteiger partial charge in [0.2, 0.25) is 0 Å². The zero-order valence-corrected chi connectivity index (χ0v) is 11.2. The molecule has 1 aromatic rings. The molecule has 0 aliphatic heterocycles. The van der Waals surface area contributed by atoms with Crippen LogP contribution in [0, 0.1) is 5.92 Å². The Bertz CT molecular complexity index is 447. The van der Waals surface area contributed by atoms with E-state index >= 15 is 0 Å². The molecule has 2 rings (SSSR count). The number of aromatic nitrogens is 1. The number of halogens is 1. The van der Waals surface area contributed by atoms with Gasteiger partial charge in [-0.3, -0.25) is 0 Å². The Balaban J connectivity index is 2.22. The second kappa shape index (κ2) is 5.57. The predicted octanol–water partition coefficient (Wildman–Crippen LogP) is 3.06. The summed E-state index contributed by atoms with van der Waals surface area (Å²) in [5, 5.41) is 9.22. The van der Waals surface area contributed by atoms with E-state index in [1.54, 1.807) is 12.1 Å². The molecule has 1 aliphatic rings. The van der Waals surface area contributed by atoms with Crippen LogP contribution in [0.25, 0.3) is 0 Å². The number of carboxylic acids is 1. The van der Waals surface area contributed by atoms with Gasteiger partial charge in [0.1, 0.15) is 5.82 Å². The van der Waals surface area contributed by atoms with Crippen LogP contribution in [0.2, 0.25) is 5.02 Å². The van der Waals surface area contributed by atoms with Crippen LogP contribution in [0.3, 0.4) is 0 Å². The number of hydrogen-bond donors (Lipinski definition) is 1. The first-order valence-corrected chi connectivity index (χ1v) is 6.64. The third-order valence-electron chi connectivity index (χ3n) is 3.03. The van der Waals surface area contributed by atoms with Gasteiger partial charge in [-0.2, -0.15) is 0 Å². The standard InChI is InChI=1S/C13H17ClN2O2/c1-2-7-16(8-9-3-4-9)11-6-5-10(14)12(15-11)13(17)18/h5-6,9H,2-4,7-8H2,1H3,(H,17,18). The lowest BCUT2D eigenvalue weighted by molar-refractivity contribution is 0.0691. The highest BCUT2D eigenvalue weighted by molar-refractivity contribution is 6.33. The zero-order chi connectivity index (χ0) is 13.1.